The predicted molar refractivity (Wildman–Crippen MR) is 150 cm³/mol. The number of carbonyl (C=O) groups excluding carboxylic acids is 1. The molecule has 39 heavy (non-hydrogen) atoms. The van der Waals surface area contributed by atoms with Crippen molar-refractivity contribution in [2.24, 2.45) is 0 Å². The highest BCUT2D eigenvalue weighted by atomic mass is 32.1. The summed E-state index contributed by atoms with van der Waals surface area (Å²) >= 11 is 1.35. The van der Waals surface area contributed by atoms with Gasteiger partial charge in [0.1, 0.15) is 23.1 Å². The third-order valence-electron chi connectivity index (χ3n) is 6.72. The third kappa shape index (κ3) is 5.40. The highest BCUT2D eigenvalue weighted by Gasteiger charge is 2.34. The molecule has 1 atom stereocenters. The third-order valence-corrected chi connectivity index (χ3v) is 7.77. The van der Waals surface area contributed by atoms with Gasteiger partial charge in [-0.3, -0.25) is 14.3 Å². The molecule has 11 heteroatoms. The lowest BCUT2D eigenvalue weighted by molar-refractivity contribution is 0.0920. The van der Waals surface area contributed by atoms with Crippen molar-refractivity contribution in [2.75, 3.05) is 39.8 Å². The molecule has 0 bridgehead atoms. The van der Waals surface area contributed by atoms with Gasteiger partial charge in [0, 0.05) is 32.3 Å². The Morgan fingerprint density at radius 2 is 1.90 bits per heavy atom. The maximum Gasteiger partial charge on any atom is 0.410 e. The van der Waals surface area contributed by atoms with Crippen LogP contribution in [-0.2, 0) is 17.9 Å². The van der Waals surface area contributed by atoms with Crippen LogP contribution in [0.1, 0.15) is 35.0 Å². The van der Waals surface area contributed by atoms with E-state index in [0.717, 1.165) is 24.0 Å². The van der Waals surface area contributed by atoms with Crippen LogP contribution in [0.2, 0.25) is 0 Å². The van der Waals surface area contributed by atoms with E-state index in [0.29, 0.717) is 33.8 Å². The van der Waals surface area contributed by atoms with Crippen molar-refractivity contribution in [1.29, 1.82) is 0 Å². The van der Waals surface area contributed by atoms with Crippen LogP contribution in [0, 0.1) is 0 Å². The number of benzene rings is 2. The van der Waals surface area contributed by atoms with Crippen LogP contribution in [0.3, 0.4) is 0 Å². The standard InChI is InChI=1S/C28H31N5O5S/c1-31(2)27-30-25-23(26(34)33(27)16-19-12-13-20(36-3)15-22(19)37-4)29-24(39-25)21-11-8-14-32(21)28(35)38-17-18-9-6-5-7-10-18/h5-7,9-10,12-13,15,21H,8,11,14,16-17H2,1-4H3/t21-/m1/s1. The first kappa shape index (κ1) is 26.5. The molecule has 1 aliphatic rings. The minimum Gasteiger partial charge on any atom is -0.497 e. The summed E-state index contributed by atoms with van der Waals surface area (Å²) in [5.41, 5.74) is 1.78. The van der Waals surface area contributed by atoms with E-state index in [1.54, 1.807) is 34.7 Å². The van der Waals surface area contributed by atoms with Gasteiger partial charge in [-0.05, 0) is 30.5 Å². The smallest absolute Gasteiger partial charge is 0.410 e. The molecule has 204 valence electrons. The van der Waals surface area contributed by atoms with Crippen molar-refractivity contribution in [3.63, 3.8) is 0 Å². The van der Waals surface area contributed by atoms with Crippen LogP contribution in [0.4, 0.5) is 10.7 Å². The molecule has 3 heterocycles. The van der Waals surface area contributed by atoms with Crippen LogP contribution in [0.15, 0.2) is 53.3 Å². The van der Waals surface area contributed by atoms with Gasteiger partial charge in [-0.15, -0.1) is 0 Å². The van der Waals surface area contributed by atoms with Crippen LogP contribution in [-0.4, -0.2) is 60.4 Å². The highest BCUT2D eigenvalue weighted by molar-refractivity contribution is 7.18. The largest absolute Gasteiger partial charge is 0.497 e. The van der Waals surface area contributed by atoms with E-state index < -0.39 is 0 Å². The Morgan fingerprint density at radius 1 is 1.10 bits per heavy atom. The highest BCUT2D eigenvalue weighted by Crippen LogP contribution is 2.36. The molecule has 0 aliphatic carbocycles. The van der Waals surface area contributed by atoms with E-state index in [1.165, 1.54) is 11.3 Å². The summed E-state index contributed by atoms with van der Waals surface area (Å²) in [6, 6.07) is 14.8. The molecule has 0 N–H and O–H groups in total. The van der Waals surface area contributed by atoms with Crippen molar-refractivity contribution < 1.29 is 19.0 Å². The monoisotopic (exact) mass is 549 g/mol. The van der Waals surface area contributed by atoms with Crippen LogP contribution < -0.4 is 19.9 Å². The molecule has 1 aliphatic heterocycles. The first-order valence-electron chi connectivity index (χ1n) is 12.7. The fraction of sp³-hybridized carbons (Fsp3) is 0.357. The molecule has 5 rings (SSSR count). The maximum absolute atomic E-state index is 13.8. The van der Waals surface area contributed by atoms with Gasteiger partial charge in [0.15, 0.2) is 10.3 Å². The van der Waals surface area contributed by atoms with Gasteiger partial charge >= 0.3 is 6.09 Å². The minimum atomic E-state index is -0.383. The molecule has 1 fully saturated rings. The van der Waals surface area contributed by atoms with E-state index in [-0.39, 0.29) is 36.4 Å². The number of hydrogen-bond acceptors (Lipinski definition) is 9. The summed E-state index contributed by atoms with van der Waals surface area (Å²) in [6.07, 6.45) is 1.20. The van der Waals surface area contributed by atoms with Gasteiger partial charge < -0.3 is 19.1 Å². The number of carbonyl (C=O) groups is 1. The lowest BCUT2D eigenvalue weighted by atomic mass is 10.2. The van der Waals surface area contributed by atoms with E-state index in [2.05, 4.69) is 0 Å². The molecule has 0 radical (unpaired) electrons. The fourth-order valence-corrected chi connectivity index (χ4v) is 5.81. The van der Waals surface area contributed by atoms with Crippen molar-refractivity contribution in [3.05, 3.63) is 75.0 Å². The Morgan fingerprint density at radius 3 is 2.62 bits per heavy atom. The fourth-order valence-electron chi connectivity index (χ4n) is 4.74. The Bertz CT molecular complexity index is 1530. The van der Waals surface area contributed by atoms with Crippen molar-refractivity contribution in [3.8, 4) is 11.5 Å². The quantitative estimate of drug-likeness (QED) is 0.318. The molecule has 10 nitrogen and oxygen atoms in total. The van der Waals surface area contributed by atoms with Crippen LogP contribution in [0.5, 0.6) is 11.5 Å². The summed E-state index contributed by atoms with van der Waals surface area (Å²) in [5, 5.41) is 0.688. The Labute approximate surface area is 230 Å². The van der Waals surface area contributed by atoms with Gasteiger partial charge in [-0.2, -0.15) is 0 Å². The molecular weight excluding hydrogens is 518 g/mol. The van der Waals surface area contributed by atoms with Gasteiger partial charge in [0.25, 0.3) is 5.56 Å². The molecular formula is C28H31N5O5S. The Kier molecular flexibility index (Phi) is 7.69. The zero-order chi connectivity index (χ0) is 27.5. The average Bonchev–Trinajstić information content (AvgIpc) is 3.61. The number of aromatic nitrogens is 3. The molecule has 4 aromatic rings. The number of amides is 1. The Hall–Kier alpha value is -4.12. The topological polar surface area (TPSA) is 99.0 Å². The first-order valence-corrected chi connectivity index (χ1v) is 13.5. The molecule has 2 aromatic carbocycles. The second-order valence-electron chi connectivity index (χ2n) is 9.47. The predicted octanol–water partition coefficient (Wildman–Crippen LogP) is 4.46. The molecule has 0 spiro atoms. The summed E-state index contributed by atoms with van der Waals surface area (Å²) in [4.78, 5) is 40.3. The number of ether oxygens (including phenoxy) is 3. The molecule has 1 amide bonds. The number of nitrogens with zero attached hydrogens (tertiary/aromatic N) is 5. The SMILES string of the molecule is COc1ccc(Cn2c(N(C)C)nc3sc([C@H]4CCCN4C(=O)OCc4ccccc4)nc3c2=O)c(OC)c1. The van der Waals surface area contributed by atoms with Crippen LogP contribution in [0.25, 0.3) is 10.3 Å². The van der Waals surface area contributed by atoms with E-state index in [4.69, 9.17) is 24.2 Å². The average molecular weight is 550 g/mol. The lowest BCUT2D eigenvalue weighted by Gasteiger charge is -2.22. The van der Waals surface area contributed by atoms with E-state index in [9.17, 15) is 9.59 Å². The van der Waals surface area contributed by atoms with Gasteiger partial charge in [-0.25, -0.2) is 14.8 Å². The van der Waals surface area contributed by atoms with E-state index >= 15 is 0 Å². The molecule has 2 aromatic heterocycles. The van der Waals surface area contributed by atoms with Gasteiger partial charge in [0.2, 0.25) is 5.95 Å². The number of fused-ring (bicyclic) bond motifs is 1. The lowest BCUT2D eigenvalue weighted by Crippen LogP contribution is -2.31. The molecule has 1 saturated heterocycles. The minimum absolute atomic E-state index is 0.204. The van der Waals surface area contributed by atoms with Gasteiger partial charge in [-0.1, -0.05) is 41.7 Å². The van der Waals surface area contributed by atoms with Crippen molar-refractivity contribution in [1.82, 2.24) is 19.4 Å². The summed E-state index contributed by atoms with van der Waals surface area (Å²) < 4.78 is 18.0. The number of methoxy groups -OCH3 is 2. The number of hydrogen-bond donors (Lipinski definition) is 0. The molecule has 0 unspecified atom stereocenters. The van der Waals surface area contributed by atoms with Crippen molar-refractivity contribution in [2.45, 2.75) is 32.0 Å². The number of rotatable bonds is 8. The van der Waals surface area contributed by atoms with E-state index in [1.807, 2.05) is 56.6 Å². The number of anilines is 1. The summed E-state index contributed by atoms with van der Waals surface area (Å²) in [5.74, 6) is 1.78. The maximum atomic E-state index is 13.8. The molecule has 0 saturated carbocycles. The zero-order valence-corrected chi connectivity index (χ0v) is 23.2. The number of thiazole rings is 1. The summed E-state index contributed by atoms with van der Waals surface area (Å²) in [7, 11) is 6.87. The number of likely N-dealkylation sites (tertiary alicyclic amines) is 1. The van der Waals surface area contributed by atoms with Crippen molar-refractivity contribution >= 4 is 33.7 Å². The summed E-state index contributed by atoms with van der Waals surface area (Å²) in [6.45, 7) is 1.03. The second kappa shape index (κ2) is 11.3. The first-order chi connectivity index (χ1) is 18.9. The second-order valence-corrected chi connectivity index (χ2v) is 10.5. The Balaban J connectivity index is 1.45. The van der Waals surface area contributed by atoms with Crippen LogP contribution >= 0.6 is 11.3 Å². The van der Waals surface area contributed by atoms with Gasteiger partial charge in [0.05, 0.1) is 26.8 Å². The zero-order valence-electron chi connectivity index (χ0n) is 22.4. The normalized spacial score (nSPS) is 15.0.